The number of nitrogens with one attached hydrogen (secondary N) is 1. The maximum absolute atomic E-state index is 12.6. The molecule has 6 heteroatoms. The van der Waals surface area contributed by atoms with E-state index in [1.54, 1.807) is 11.8 Å². The van der Waals surface area contributed by atoms with Crippen molar-refractivity contribution in [3.63, 3.8) is 0 Å². The molecule has 0 unspecified atom stereocenters. The van der Waals surface area contributed by atoms with E-state index < -0.39 is 0 Å². The van der Waals surface area contributed by atoms with E-state index >= 15 is 0 Å². The third kappa shape index (κ3) is 4.05. The minimum atomic E-state index is -0.112. The van der Waals surface area contributed by atoms with Gasteiger partial charge in [0.2, 0.25) is 11.8 Å². The average Bonchev–Trinajstić information content (AvgIpc) is 2.99. The van der Waals surface area contributed by atoms with Crippen LogP contribution in [0.4, 0.5) is 11.4 Å². The first-order chi connectivity index (χ1) is 12.5. The minimum Gasteiger partial charge on any atom is -0.326 e. The number of hydrogen-bond donors (Lipinski definition) is 1. The van der Waals surface area contributed by atoms with E-state index in [9.17, 15) is 9.59 Å². The molecular weight excluding hydrogens is 368 g/mol. The molecular formula is C20H21ClN2O2S. The van der Waals surface area contributed by atoms with Gasteiger partial charge in [-0.25, -0.2) is 0 Å². The van der Waals surface area contributed by atoms with Crippen molar-refractivity contribution in [2.24, 2.45) is 0 Å². The van der Waals surface area contributed by atoms with Gasteiger partial charge in [-0.2, -0.15) is 0 Å². The number of aryl methyl sites for hydroxylation is 2. The molecule has 1 aliphatic heterocycles. The van der Waals surface area contributed by atoms with Gasteiger partial charge in [-0.15, -0.1) is 23.4 Å². The van der Waals surface area contributed by atoms with Crippen LogP contribution < -0.4 is 10.2 Å². The predicted octanol–water partition coefficient (Wildman–Crippen LogP) is 4.65. The van der Waals surface area contributed by atoms with Crippen molar-refractivity contribution in [2.75, 3.05) is 21.8 Å². The van der Waals surface area contributed by atoms with Gasteiger partial charge in [0.15, 0.2) is 0 Å². The normalized spacial score (nSPS) is 16.8. The molecule has 0 saturated carbocycles. The Morgan fingerprint density at radius 1 is 1.27 bits per heavy atom. The lowest BCUT2D eigenvalue weighted by molar-refractivity contribution is -0.116. The standard InChI is InChI=1S/C20H21ClN2O2S/c1-13-6-7-14(2)17(10-13)23-19(25)12-26-20(23)15-4-3-5-16(11-15)22-18(24)8-9-21/h3-7,10-11,20H,8-9,12H2,1-2H3,(H,22,24)/t20-/m0/s1. The molecule has 0 bridgehead atoms. The third-order valence-electron chi connectivity index (χ3n) is 4.27. The van der Waals surface area contributed by atoms with Crippen LogP contribution in [-0.2, 0) is 9.59 Å². The molecule has 0 spiro atoms. The molecule has 0 aromatic heterocycles. The highest BCUT2D eigenvalue weighted by Crippen LogP contribution is 2.43. The second kappa shape index (κ2) is 8.14. The minimum absolute atomic E-state index is 0.102. The Morgan fingerprint density at radius 3 is 2.85 bits per heavy atom. The summed E-state index contributed by atoms with van der Waals surface area (Å²) in [5, 5.41) is 2.75. The van der Waals surface area contributed by atoms with Crippen molar-refractivity contribution >= 4 is 46.6 Å². The number of amides is 2. The number of benzene rings is 2. The van der Waals surface area contributed by atoms with E-state index in [1.807, 2.05) is 49.1 Å². The zero-order chi connectivity index (χ0) is 18.7. The fourth-order valence-electron chi connectivity index (χ4n) is 2.99. The van der Waals surface area contributed by atoms with Gasteiger partial charge in [0.1, 0.15) is 5.37 Å². The quantitative estimate of drug-likeness (QED) is 0.758. The zero-order valence-corrected chi connectivity index (χ0v) is 16.4. The smallest absolute Gasteiger partial charge is 0.238 e. The fraction of sp³-hybridized carbons (Fsp3) is 0.300. The molecule has 26 heavy (non-hydrogen) atoms. The van der Waals surface area contributed by atoms with Gasteiger partial charge in [-0.05, 0) is 48.7 Å². The van der Waals surface area contributed by atoms with Crippen LogP contribution >= 0.6 is 23.4 Å². The summed E-state index contributed by atoms with van der Waals surface area (Å²) in [6, 6.07) is 13.8. The van der Waals surface area contributed by atoms with Gasteiger partial charge >= 0.3 is 0 Å². The van der Waals surface area contributed by atoms with Crippen LogP contribution in [0.5, 0.6) is 0 Å². The molecule has 1 aliphatic rings. The van der Waals surface area contributed by atoms with Crippen LogP contribution in [0.2, 0.25) is 0 Å². The first-order valence-electron chi connectivity index (χ1n) is 8.46. The maximum Gasteiger partial charge on any atom is 0.238 e. The number of hydrogen-bond acceptors (Lipinski definition) is 3. The van der Waals surface area contributed by atoms with Gasteiger partial charge in [0.25, 0.3) is 0 Å². The second-order valence-electron chi connectivity index (χ2n) is 6.33. The van der Waals surface area contributed by atoms with Crippen molar-refractivity contribution in [1.82, 2.24) is 0 Å². The molecule has 3 rings (SSSR count). The molecule has 136 valence electrons. The van der Waals surface area contributed by atoms with Crippen molar-refractivity contribution < 1.29 is 9.59 Å². The molecule has 1 atom stereocenters. The number of halogens is 1. The van der Waals surface area contributed by atoms with E-state index in [0.717, 1.165) is 28.1 Å². The Morgan fingerprint density at radius 2 is 2.08 bits per heavy atom. The lowest BCUT2D eigenvalue weighted by Gasteiger charge is -2.26. The Bertz CT molecular complexity index is 840. The molecule has 2 aromatic carbocycles. The van der Waals surface area contributed by atoms with Gasteiger partial charge < -0.3 is 5.32 Å². The number of carbonyl (C=O) groups is 2. The first-order valence-corrected chi connectivity index (χ1v) is 10.0. The van der Waals surface area contributed by atoms with E-state index in [4.69, 9.17) is 11.6 Å². The fourth-order valence-corrected chi connectivity index (χ4v) is 4.32. The predicted molar refractivity (Wildman–Crippen MR) is 109 cm³/mol. The average molecular weight is 389 g/mol. The van der Waals surface area contributed by atoms with Crippen LogP contribution in [0.1, 0.15) is 28.5 Å². The summed E-state index contributed by atoms with van der Waals surface area (Å²) in [6.45, 7) is 4.05. The number of alkyl halides is 1. The van der Waals surface area contributed by atoms with Gasteiger partial charge in [0.05, 0.1) is 5.75 Å². The number of rotatable bonds is 5. The van der Waals surface area contributed by atoms with Crippen LogP contribution in [0, 0.1) is 13.8 Å². The number of thioether (sulfide) groups is 1. The molecule has 2 amide bonds. The number of anilines is 2. The molecule has 1 fully saturated rings. The van der Waals surface area contributed by atoms with Crippen molar-refractivity contribution in [3.05, 3.63) is 59.2 Å². The van der Waals surface area contributed by atoms with Crippen LogP contribution in [0.3, 0.4) is 0 Å². The highest BCUT2D eigenvalue weighted by atomic mass is 35.5. The molecule has 1 N–H and O–H groups in total. The van der Waals surface area contributed by atoms with E-state index in [1.165, 1.54) is 0 Å². The molecule has 1 saturated heterocycles. The lowest BCUT2D eigenvalue weighted by atomic mass is 10.1. The summed E-state index contributed by atoms with van der Waals surface area (Å²) in [7, 11) is 0. The largest absolute Gasteiger partial charge is 0.326 e. The zero-order valence-electron chi connectivity index (χ0n) is 14.8. The third-order valence-corrected chi connectivity index (χ3v) is 5.67. The monoisotopic (exact) mass is 388 g/mol. The van der Waals surface area contributed by atoms with Crippen LogP contribution in [0.15, 0.2) is 42.5 Å². The van der Waals surface area contributed by atoms with E-state index in [2.05, 4.69) is 17.4 Å². The van der Waals surface area contributed by atoms with E-state index in [0.29, 0.717) is 11.6 Å². The summed E-state index contributed by atoms with van der Waals surface area (Å²) in [5.41, 5.74) is 4.85. The summed E-state index contributed by atoms with van der Waals surface area (Å²) in [6.07, 6.45) is 0.275. The van der Waals surface area contributed by atoms with Gasteiger partial charge in [0, 0.05) is 23.7 Å². The summed E-state index contributed by atoms with van der Waals surface area (Å²) in [4.78, 5) is 26.3. The first kappa shape index (κ1) is 18.8. The van der Waals surface area contributed by atoms with Crippen molar-refractivity contribution in [3.8, 4) is 0 Å². The molecule has 0 radical (unpaired) electrons. The van der Waals surface area contributed by atoms with Gasteiger partial charge in [-0.3, -0.25) is 14.5 Å². The number of carbonyl (C=O) groups excluding carboxylic acids is 2. The van der Waals surface area contributed by atoms with Crippen LogP contribution in [0.25, 0.3) is 0 Å². The highest BCUT2D eigenvalue weighted by molar-refractivity contribution is 8.00. The molecule has 4 nitrogen and oxygen atoms in total. The Labute approximate surface area is 162 Å². The van der Waals surface area contributed by atoms with Crippen LogP contribution in [-0.4, -0.2) is 23.4 Å². The second-order valence-corrected chi connectivity index (χ2v) is 7.78. The maximum atomic E-state index is 12.6. The SMILES string of the molecule is Cc1ccc(C)c(N2C(=O)CS[C@H]2c2cccc(NC(=O)CCCl)c2)c1. The molecule has 1 heterocycles. The number of nitrogens with zero attached hydrogens (tertiary/aromatic N) is 1. The topological polar surface area (TPSA) is 49.4 Å². The Balaban J connectivity index is 1.91. The Hall–Kier alpha value is -1.98. The van der Waals surface area contributed by atoms with Gasteiger partial charge in [-0.1, -0.05) is 24.3 Å². The lowest BCUT2D eigenvalue weighted by Crippen LogP contribution is -2.28. The van der Waals surface area contributed by atoms with Crippen molar-refractivity contribution in [1.29, 1.82) is 0 Å². The Kier molecular flexibility index (Phi) is 5.89. The molecule has 2 aromatic rings. The summed E-state index contributed by atoms with van der Waals surface area (Å²) in [5.74, 6) is 0.726. The highest BCUT2D eigenvalue weighted by Gasteiger charge is 2.34. The summed E-state index contributed by atoms with van der Waals surface area (Å²) < 4.78 is 0. The molecule has 0 aliphatic carbocycles. The van der Waals surface area contributed by atoms with Crippen molar-refractivity contribution in [2.45, 2.75) is 25.6 Å². The summed E-state index contributed by atoms with van der Waals surface area (Å²) >= 11 is 7.22. The van der Waals surface area contributed by atoms with E-state index in [-0.39, 0.29) is 23.6 Å².